The average molecular weight is 256 g/mol. The SMILES string of the molecule is Nc1ccn(CCN2CCC(c3ccccc3)C2)n1. The van der Waals surface area contributed by atoms with Crippen molar-refractivity contribution in [1.29, 1.82) is 0 Å². The zero-order valence-electron chi connectivity index (χ0n) is 11.1. The first-order chi connectivity index (χ1) is 9.31. The Hall–Kier alpha value is -1.81. The van der Waals surface area contributed by atoms with Crippen LogP contribution in [0.2, 0.25) is 0 Å². The van der Waals surface area contributed by atoms with Crippen LogP contribution < -0.4 is 5.73 Å². The maximum Gasteiger partial charge on any atom is 0.145 e. The predicted molar refractivity (Wildman–Crippen MR) is 76.9 cm³/mol. The molecular weight excluding hydrogens is 236 g/mol. The van der Waals surface area contributed by atoms with Gasteiger partial charge in [0.15, 0.2) is 0 Å². The van der Waals surface area contributed by atoms with Crippen LogP contribution in [0.3, 0.4) is 0 Å². The third-order valence-electron chi connectivity index (χ3n) is 3.85. The molecule has 2 aromatic rings. The molecule has 4 nitrogen and oxygen atoms in total. The van der Waals surface area contributed by atoms with E-state index in [0.717, 1.165) is 19.6 Å². The van der Waals surface area contributed by atoms with E-state index in [9.17, 15) is 0 Å². The van der Waals surface area contributed by atoms with Crippen LogP contribution in [0.4, 0.5) is 5.82 Å². The molecule has 1 aliphatic heterocycles. The average Bonchev–Trinajstić information content (AvgIpc) is 3.06. The molecule has 1 unspecified atom stereocenters. The molecule has 1 saturated heterocycles. The minimum atomic E-state index is 0.601. The van der Waals surface area contributed by atoms with Crippen LogP contribution >= 0.6 is 0 Å². The number of nitrogens with zero attached hydrogens (tertiary/aromatic N) is 3. The zero-order chi connectivity index (χ0) is 13.1. The van der Waals surface area contributed by atoms with Gasteiger partial charge in [0, 0.05) is 19.3 Å². The molecule has 0 bridgehead atoms. The number of benzene rings is 1. The number of hydrogen-bond donors (Lipinski definition) is 1. The van der Waals surface area contributed by atoms with Crippen molar-refractivity contribution in [1.82, 2.24) is 14.7 Å². The standard InChI is InChI=1S/C15H20N4/c16-15-7-9-19(17-15)11-10-18-8-6-14(12-18)13-4-2-1-3-5-13/h1-5,7,9,14H,6,8,10-12H2,(H2,16,17). The summed E-state index contributed by atoms with van der Waals surface area (Å²) in [6.07, 6.45) is 3.20. The molecule has 0 radical (unpaired) electrons. The molecule has 1 aromatic heterocycles. The number of hydrogen-bond acceptors (Lipinski definition) is 3. The first-order valence-electron chi connectivity index (χ1n) is 6.87. The van der Waals surface area contributed by atoms with Crippen molar-refractivity contribution in [2.24, 2.45) is 0 Å². The van der Waals surface area contributed by atoms with Crippen LogP contribution in [0.25, 0.3) is 0 Å². The van der Waals surface area contributed by atoms with Gasteiger partial charge in [-0.2, -0.15) is 5.10 Å². The smallest absolute Gasteiger partial charge is 0.145 e. The lowest BCUT2D eigenvalue weighted by molar-refractivity contribution is 0.312. The van der Waals surface area contributed by atoms with E-state index in [1.54, 1.807) is 0 Å². The van der Waals surface area contributed by atoms with Crippen LogP contribution in [0.15, 0.2) is 42.6 Å². The predicted octanol–water partition coefficient (Wildman–Crippen LogP) is 1.95. The first-order valence-corrected chi connectivity index (χ1v) is 6.87. The number of nitrogens with two attached hydrogens (primary N) is 1. The summed E-state index contributed by atoms with van der Waals surface area (Å²) in [5, 5.41) is 4.22. The summed E-state index contributed by atoms with van der Waals surface area (Å²) in [5.41, 5.74) is 7.08. The van der Waals surface area contributed by atoms with Gasteiger partial charge in [-0.25, -0.2) is 0 Å². The minimum absolute atomic E-state index is 0.601. The highest BCUT2D eigenvalue weighted by Gasteiger charge is 2.23. The Morgan fingerprint density at radius 3 is 2.74 bits per heavy atom. The van der Waals surface area contributed by atoms with E-state index >= 15 is 0 Å². The van der Waals surface area contributed by atoms with Crippen molar-refractivity contribution in [3.63, 3.8) is 0 Å². The van der Waals surface area contributed by atoms with Gasteiger partial charge in [0.1, 0.15) is 5.82 Å². The highest BCUT2D eigenvalue weighted by molar-refractivity contribution is 5.23. The molecule has 1 atom stereocenters. The van der Waals surface area contributed by atoms with E-state index in [-0.39, 0.29) is 0 Å². The van der Waals surface area contributed by atoms with Gasteiger partial charge < -0.3 is 10.6 Å². The number of nitrogen functional groups attached to an aromatic ring is 1. The lowest BCUT2D eigenvalue weighted by Crippen LogP contribution is -2.25. The molecular formula is C15H20N4. The molecule has 1 aliphatic rings. The Labute approximate surface area is 113 Å². The van der Waals surface area contributed by atoms with E-state index < -0.39 is 0 Å². The number of likely N-dealkylation sites (tertiary alicyclic amines) is 1. The van der Waals surface area contributed by atoms with Crippen molar-refractivity contribution in [3.8, 4) is 0 Å². The summed E-state index contributed by atoms with van der Waals surface area (Å²) in [6.45, 7) is 4.29. The van der Waals surface area contributed by atoms with E-state index in [0.29, 0.717) is 11.7 Å². The minimum Gasteiger partial charge on any atom is -0.382 e. The van der Waals surface area contributed by atoms with Crippen molar-refractivity contribution >= 4 is 5.82 Å². The lowest BCUT2D eigenvalue weighted by atomic mass is 9.99. The number of aromatic nitrogens is 2. The Morgan fingerprint density at radius 2 is 2.00 bits per heavy atom. The number of rotatable bonds is 4. The fourth-order valence-corrected chi connectivity index (χ4v) is 2.78. The van der Waals surface area contributed by atoms with Gasteiger partial charge in [0.2, 0.25) is 0 Å². The van der Waals surface area contributed by atoms with Gasteiger partial charge in [0.25, 0.3) is 0 Å². The Bertz CT molecular complexity index is 520. The largest absolute Gasteiger partial charge is 0.382 e. The number of anilines is 1. The molecule has 3 rings (SSSR count). The van der Waals surface area contributed by atoms with Gasteiger partial charge in [-0.15, -0.1) is 0 Å². The summed E-state index contributed by atoms with van der Waals surface area (Å²) in [6, 6.07) is 12.7. The molecule has 0 amide bonds. The normalized spacial score (nSPS) is 19.9. The third kappa shape index (κ3) is 2.96. The molecule has 2 heterocycles. The molecule has 4 heteroatoms. The fraction of sp³-hybridized carbons (Fsp3) is 0.400. The van der Waals surface area contributed by atoms with Crippen LogP contribution in [-0.4, -0.2) is 34.3 Å². The van der Waals surface area contributed by atoms with Gasteiger partial charge in [-0.1, -0.05) is 30.3 Å². The molecule has 1 aromatic carbocycles. The van der Waals surface area contributed by atoms with Crippen LogP contribution in [0.5, 0.6) is 0 Å². The van der Waals surface area contributed by atoms with Crippen molar-refractivity contribution < 1.29 is 0 Å². The van der Waals surface area contributed by atoms with Gasteiger partial charge in [-0.05, 0) is 30.5 Å². The second-order valence-corrected chi connectivity index (χ2v) is 5.20. The summed E-state index contributed by atoms with van der Waals surface area (Å²) >= 11 is 0. The molecule has 0 aliphatic carbocycles. The third-order valence-corrected chi connectivity index (χ3v) is 3.85. The monoisotopic (exact) mass is 256 g/mol. The summed E-state index contributed by atoms with van der Waals surface area (Å²) in [5.74, 6) is 1.28. The second kappa shape index (κ2) is 5.45. The fourth-order valence-electron chi connectivity index (χ4n) is 2.78. The van der Waals surface area contributed by atoms with Gasteiger partial charge in [0.05, 0.1) is 6.54 Å². The highest BCUT2D eigenvalue weighted by Crippen LogP contribution is 2.26. The Morgan fingerprint density at radius 1 is 1.16 bits per heavy atom. The van der Waals surface area contributed by atoms with Crippen LogP contribution in [0.1, 0.15) is 17.9 Å². The molecule has 1 fully saturated rings. The summed E-state index contributed by atoms with van der Waals surface area (Å²) in [4.78, 5) is 2.51. The lowest BCUT2D eigenvalue weighted by Gasteiger charge is -2.16. The van der Waals surface area contributed by atoms with E-state index in [2.05, 4.69) is 40.3 Å². The van der Waals surface area contributed by atoms with Crippen molar-refractivity contribution in [2.45, 2.75) is 18.9 Å². The molecule has 19 heavy (non-hydrogen) atoms. The molecule has 2 N–H and O–H groups in total. The second-order valence-electron chi connectivity index (χ2n) is 5.20. The van der Waals surface area contributed by atoms with Crippen LogP contribution in [0, 0.1) is 0 Å². The first kappa shape index (κ1) is 12.2. The molecule has 0 spiro atoms. The van der Waals surface area contributed by atoms with E-state index in [4.69, 9.17) is 5.73 Å². The van der Waals surface area contributed by atoms with E-state index in [1.165, 1.54) is 18.5 Å². The van der Waals surface area contributed by atoms with Crippen molar-refractivity contribution in [2.75, 3.05) is 25.4 Å². The quantitative estimate of drug-likeness (QED) is 0.909. The maximum atomic E-state index is 5.61. The van der Waals surface area contributed by atoms with Crippen molar-refractivity contribution in [3.05, 3.63) is 48.2 Å². The maximum absolute atomic E-state index is 5.61. The molecule has 0 saturated carbocycles. The Kier molecular flexibility index (Phi) is 3.51. The summed E-state index contributed by atoms with van der Waals surface area (Å²) in [7, 11) is 0. The summed E-state index contributed by atoms with van der Waals surface area (Å²) < 4.78 is 1.92. The van der Waals surface area contributed by atoms with Gasteiger partial charge >= 0.3 is 0 Å². The topological polar surface area (TPSA) is 47.1 Å². The van der Waals surface area contributed by atoms with Crippen LogP contribution in [-0.2, 0) is 6.54 Å². The zero-order valence-corrected chi connectivity index (χ0v) is 11.1. The molecule has 100 valence electrons. The van der Waals surface area contributed by atoms with Gasteiger partial charge in [-0.3, -0.25) is 4.68 Å². The van der Waals surface area contributed by atoms with E-state index in [1.807, 2.05) is 16.9 Å². The highest BCUT2D eigenvalue weighted by atomic mass is 15.3. The Balaban J connectivity index is 1.52.